The molecule has 0 aromatic heterocycles. The van der Waals surface area contributed by atoms with Gasteiger partial charge in [0, 0.05) is 17.9 Å². The van der Waals surface area contributed by atoms with Gasteiger partial charge in [0.25, 0.3) is 0 Å². The minimum absolute atomic E-state index is 0.161. The number of anilines is 2. The lowest BCUT2D eigenvalue weighted by Crippen LogP contribution is -2.36. The van der Waals surface area contributed by atoms with Gasteiger partial charge in [0.15, 0.2) is 0 Å². The van der Waals surface area contributed by atoms with Crippen molar-refractivity contribution in [2.45, 2.75) is 20.3 Å². The topological polar surface area (TPSA) is 96.1 Å². The molecule has 1 aromatic rings. The summed E-state index contributed by atoms with van der Waals surface area (Å²) in [7, 11) is 0. The zero-order valence-electron chi connectivity index (χ0n) is 11.4. The maximum Gasteiger partial charge on any atom is 0.236 e. The van der Waals surface area contributed by atoms with Crippen molar-refractivity contribution in [3.8, 4) is 6.07 Å². The van der Waals surface area contributed by atoms with E-state index in [0.29, 0.717) is 11.6 Å². The summed E-state index contributed by atoms with van der Waals surface area (Å²) in [6.07, 6.45) is 0.256. The Kier molecular flexibility index (Phi) is 5.19. The first kappa shape index (κ1) is 14.8. The average Bonchev–Trinajstić information content (AvgIpc) is 2.30. The van der Waals surface area contributed by atoms with E-state index in [9.17, 15) is 4.79 Å². The zero-order chi connectivity index (χ0) is 14.4. The van der Waals surface area contributed by atoms with E-state index in [0.717, 1.165) is 17.8 Å². The van der Waals surface area contributed by atoms with E-state index in [4.69, 9.17) is 16.7 Å². The van der Waals surface area contributed by atoms with Crippen molar-refractivity contribution in [2.24, 2.45) is 11.7 Å². The van der Waals surface area contributed by atoms with Gasteiger partial charge in [0.2, 0.25) is 5.91 Å². The van der Waals surface area contributed by atoms with Crippen molar-refractivity contribution >= 4 is 17.3 Å². The molecule has 0 unspecified atom stereocenters. The van der Waals surface area contributed by atoms with Crippen LogP contribution in [-0.4, -0.2) is 19.0 Å². The van der Waals surface area contributed by atoms with Crippen molar-refractivity contribution in [2.75, 3.05) is 23.7 Å². The molecule has 0 heterocycles. The van der Waals surface area contributed by atoms with E-state index in [1.165, 1.54) is 0 Å². The number of nitrogens with two attached hydrogens (primary N) is 2. The molecule has 1 amide bonds. The number of nitriles is 1. The molecule has 0 saturated heterocycles. The van der Waals surface area contributed by atoms with Crippen LogP contribution in [0.5, 0.6) is 0 Å². The molecule has 0 aliphatic rings. The highest BCUT2D eigenvalue weighted by atomic mass is 16.1. The third-order valence-electron chi connectivity index (χ3n) is 2.69. The number of hydrogen-bond donors (Lipinski definition) is 2. The first-order valence-corrected chi connectivity index (χ1v) is 6.22. The molecule has 5 heteroatoms. The van der Waals surface area contributed by atoms with Crippen LogP contribution < -0.4 is 16.4 Å². The zero-order valence-corrected chi connectivity index (χ0v) is 11.4. The molecule has 102 valence electrons. The van der Waals surface area contributed by atoms with Gasteiger partial charge >= 0.3 is 0 Å². The van der Waals surface area contributed by atoms with Crippen LogP contribution in [0.25, 0.3) is 0 Å². The standard InChI is InChI=1S/C14H20N4O/c1-10(2)8-18(9-14(17)19)12-3-4-13(16)11(7-12)5-6-15/h3-4,7,10H,5,8-9,16H2,1-2H3,(H2,17,19). The van der Waals surface area contributed by atoms with E-state index in [2.05, 4.69) is 19.9 Å². The largest absolute Gasteiger partial charge is 0.398 e. The van der Waals surface area contributed by atoms with Crippen molar-refractivity contribution in [3.63, 3.8) is 0 Å². The lowest BCUT2D eigenvalue weighted by molar-refractivity contribution is -0.116. The Morgan fingerprint density at radius 2 is 2.16 bits per heavy atom. The number of primary amides is 1. The van der Waals surface area contributed by atoms with Gasteiger partial charge in [-0.1, -0.05) is 13.8 Å². The fourth-order valence-electron chi connectivity index (χ4n) is 1.92. The van der Waals surface area contributed by atoms with Crippen LogP contribution >= 0.6 is 0 Å². The summed E-state index contributed by atoms with van der Waals surface area (Å²) < 4.78 is 0. The van der Waals surface area contributed by atoms with Gasteiger partial charge in [-0.2, -0.15) is 5.26 Å². The number of amides is 1. The monoisotopic (exact) mass is 260 g/mol. The summed E-state index contributed by atoms with van der Waals surface area (Å²) >= 11 is 0. The van der Waals surface area contributed by atoms with Gasteiger partial charge in [0.05, 0.1) is 19.0 Å². The molecule has 0 aliphatic carbocycles. The van der Waals surface area contributed by atoms with Gasteiger partial charge in [-0.15, -0.1) is 0 Å². The van der Waals surface area contributed by atoms with Gasteiger partial charge in [-0.25, -0.2) is 0 Å². The van der Waals surface area contributed by atoms with Crippen LogP contribution in [0.15, 0.2) is 18.2 Å². The summed E-state index contributed by atoms with van der Waals surface area (Å²) in [4.78, 5) is 13.1. The SMILES string of the molecule is CC(C)CN(CC(N)=O)c1ccc(N)c(CC#N)c1. The van der Waals surface area contributed by atoms with Gasteiger partial charge < -0.3 is 16.4 Å². The lowest BCUT2D eigenvalue weighted by atomic mass is 10.1. The second kappa shape index (κ2) is 6.64. The van der Waals surface area contributed by atoms with Crippen LogP contribution in [-0.2, 0) is 11.2 Å². The fourth-order valence-corrected chi connectivity index (χ4v) is 1.92. The van der Waals surface area contributed by atoms with Crippen LogP contribution in [0.3, 0.4) is 0 Å². The molecule has 4 N–H and O–H groups in total. The number of nitrogen functional groups attached to an aromatic ring is 1. The highest BCUT2D eigenvalue weighted by Crippen LogP contribution is 2.22. The Morgan fingerprint density at radius 3 is 2.68 bits per heavy atom. The predicted molar refractivity (Wildman–Crippen MR) is 76.4 cm³/mol. The lowest BCUT2D eigenvalue weighted by Gasteiger charge is -2.26. The van der Waals surface area contributed by atoms with Gasteiger partial charge in [0.1, 0.15) is 0 Å². The Hall–Kier alpha value is -2.22. The van der Waals surface area contributed by atoms with E-state index < -0.39 is 0 Å². The highest BCUT2D eigenvalue weighted by Gasteiger charge is 2.12. The first-order chi connectivity index (χ1) is 8.93. The second-order valence-electron chi connectivity index (χ2n) is 4.96. The molecular formula is C14H20N4O. The van der Waals surface area contributed by atoms with Crippen molar-refractivity contribution in [1.82, 2.24) is 0 Å². The maximum atomic E-state index is 11.1. The van der Waals surface area contributed by atoms with Crippen LogP contribution in [0.4, 0.5) is 11.4 Å². The Bertz CT molecular complexity index is 491. The average molecular weight is 260 g/mol. The van der Waals surface area contributed by atoms with Gasteiger partial charge in [-0.05, 0) is 29.7 Å². The molecule has 1 rings (SSSR count). The smallest absolute Gasteiger partial charge is 0.236 e. The Balaban J connectivity index is 3.04. The molecule has 0 radical (unpaired) electrons. The molecule has 0 saturated carbocycles. The van der Waals surface area contributed by atoms with Crippen molar-refractivity contribution < 1.29 is 4.79 Å². The maximum absolute atomic E-state index is 11.1. The third-order valence-corrected chi connectivity index (χ3v) is 2.69. The van der Waals surface area contributed by atoms with Gasteiger partial charge in [-0.3, -0.25) is 4.79 Å². The summed E-state index contributed by atoms with van der Waals surface area (Å²) in [5.74, 6) is 0.0237. The quantitative estimate of drug-likeness (QED) is 0.753. The predicted octanol–water partition coefficient (Wildman–Crippen LogP) is 1.28. The number of nitrogens with zero attached hydrogens (tertiary/aromatic N) is 2. The molecular weight excluding hydrogens is 240 g/mol. The first-order valence-electron chi connectivity index (χ1n) is 6.22. The molecule has 19 heavy (non-hydrogen) atoms. The number of hydrogen-bond acceptors (Lipinski definition) is 4. The number of carbonyl (C=O) groups is 1. The normalized spacial score (nSPS) is 10.2. The van der Waals surface area contributed by atoms with E-state index >= 15 is 0 Å². The molecule has 1 aromatic carbocycles. The number of rotatable bonds is 6. The van der Waals surface area contributed by atoms with Crippen LogP contribution in [0.2, 0.25) is 0 Å². The van der Waals surface area contributed by atoms with E-state index in [1.54, 1.807) is 6.07 Å². The Labute approximate surface area is 113 Å². The van der Waals surface area contributed by atoms with Crippen LogP contribution in [0, 0.1) is 17.2 Å². The molecule has 0 aliphatic heterocycles. The second-order valence-corrected chi connectivity index (χ2v) is 4.96. The summed E-state index contributed by atoms with van der Waals surface area (Å²) in [5.41, 5.74) is 13.3. The van der Waals surface area contributed by atoms with E-state index in [1.807, 2.05) is 17.0 Å². The molecule has 5 nitrogen and oxygen atoms in total. The Morgan fingerprint density at radius 1 is 1.47 bits per heavy atom. The van der Waals surface area contributed by atoms with Crippen molar-refractivity contribution in [3.05, 3.63) is 23.8 Å². The van der Waals surface area contributed by atoms with Crippen LogP contribution in [0.1, 0.15) is 19.4 Å². The molecule has 0 bridgehead atoms. The van der Waals surface area contributed by atoms with Crippen molar-refractivity contribution in [1.29, 1.82) is 5.26 Å². The summed E-state index contributed by atoms with van der Waals surface area (Å²) in [5, 5.41) is 8.77. The minimum Gasteiger partial charge on any atom is -0.398 e. The fraction of sp³-hybridized carbons (Fsp3) is 0.429. The number of carbonyl (C=O) groups excluding carboxylic acids is 1. The minimum atomic E-state index is -0.376. The number of benzene rings is 1. The highest BCUT2D eigenvalue weighted by molar-refractivity contribution is 5.79. The van der Waals surface area contributed by atoms with E-state index in [-0.39, 0.29) is 18.9 Å². The molecule has 0 fully saturated rings. The molecule has 0 atom stereocenters. The molecule has 0 spiro atoms. The third kappa shape index (κ3) is 4.51. The summed E-state index contributed by atoms with van der Waals surface area (Å²) in [6, 6.07) is 7.54. The summed E-state index contributed by atoms with van der Waals surface area (Å²) in [6.45, 7) is 5.02.